The van der Waals surface area contributed by atoms with Gasteiger partial charge in [-0.3, -0.25) is 4.79 Å². The van der Waals surface area contributed by atoms with Crippen LogP contribution in [0.25, 0.3) is 0 Å². The van der Waals surface area contributed by atoms with Crippen molar-refractivity contribution in [3.05, 3.63) is 66.5 Å². The first-order valence-electron chi connectivity index (χ1n) is 11.0. The van der Waals surface area contributed by atoms with E-state index in [1.54, 1.807) is 0 Å². The molecule has 1 saturated heterocycles. The zero-order chi connectivity index (χ0) is 22.3. The van der Waals surface area contributed by atoms with Crippen LogP contribution in [0.2, 0.25) is 0 Å². The number of hydrogen-bond acceptors (Lipinski definition) is 6. The summed E-state index contributed by atoms with van der Waals surface area (Å²) in [5.74, 6) is 2.06. The fourth-order valence-corrected chi connectivity index (χ4v) is 4.74. The number of amides is 1. The van der Waals surface area contributed by atoms with E-state index in [9.17, 15) is 4.79 Å². The molecule has 0 saturated carbocycles. The van der Waals surface area contributed by atoms with Gasteiger partial charge in [-0.05, 0) is 38.1 Å². The lowest BCUT2D eigenvalue weighted by Gasteiger charge is -2.36. The smallest absolute Gasteiger partial charge is 0.233 e. The average molecular weight is 452 g/mol. The lowest BCUT2D eigenvalue weighted by molar-refractivity contribution is -0.128. The van der Waals surface area contributed by atoms with Crippen LogP contribution in [0.15, 0.2) is 65.8 Å². The number of carbonyl (C=O) groups is 1. The minimum Gasteiger partial charge on any atom is -0.483 e. The third-order valence-corrected chi connectivity index (χ3v) is 6.51. The molecule has 0 bridgehead atoms. The summed E-state index contributed by atoms with van der Waals surface area (Å²) in [6.07, 6.45) is -0.235. The maximum Gasteiger partial charge on any atom is 0.233 e. The van der Waals surface area contributed by atoms with Crippen molar-refractivity contribution in [3.63, 3.8) is 0 Å². The van der Waals surface area contributed by atoms with Gasteiger partial charge in [0, 0.05) is 38.4 Å². The highest BCUT2D eigenvalue weighted by Gasteiger charge is 2.23. The first-order chi connectivity index (χ1) is 15.7. The third-order valence-electron chi connectivity index (χ3n) is 5.56. The van der Waals surface area contributed by atoms with Gasteiger partial charge in [-0.15, -0.1) is 10.2 Å². The van der Waals surface area contributed by atoms with Crippen LogP contribution in [0.1, 0.15) is 25.8 Å². The molecule has 0 spiro atoms. The number of piperazine rings is 1. The Hall–Kier alpha value is -3.00. The number of rotatable bonds is 8. The molecule has 0 unspecified atom stereocenters. The molecule has 3 aromatic rings. The summed E-state index contributed by atoms with van der Waals surface area (Å²) in [5, 5.41) is 9.44. The number of benzene rings is 2. The zero-order valence-corrected chi connectivity index (χ0v) is 19.4. The fourth-order valence-electron chi connectivity index (χ4n) is 3.83. The van der Waals surface area contributed by atoms with E-state index in [4.69, 9.17) is 4.74 Å². The van der Waals surface area contributed by atoms with Gasteiger partial charge in [0.2, 0.25) is 5.91 Å². The largest absolute Gasteiger partial charge is 0.483 e. The maximum atomic E-state index is 12.8. The van der Waals surface area contributed by atoms with Crippen LogP contribution in [0.5, 0.6) is 5.75 Å². The molecular formula is C24H29N5O2S. The minimum absolute atomic E-state index is 0.142. The first kappa shape index (κ1) is 22.2. The van der Waals surface area contributed by atoms with Crippen LogP contribution in [0, 0.1) is 0 Å². The van der Waals surface area contributed by atoms with Crippen molar-refractivity contribution in [2.24, 2.45) is 0 Å². The number of ether oxygens (including phenoxy) is 1. The van der Waals surface area contributed by atoms with E-state index < -0.39 is 0 Å². The number of anilines is 1. The van der Waals surface area contributed by atoms with Gasteiger partial charge in [0.15, 0.2) is 17.1 Å². The van der Waals surface area contributed by atoms with Crippen molar-refractivity contribution >= 4 is 23.4 Å². The number of para-hydroxylation sites is 2. The molecule has 168 valence electrons. The molecule has 1 aromatic heterocycles. The molecule has 4 rings (SSSR count). The van der Waals surface area contributed by atoms with Crippen molar-refractivity contribution < 1.29 is 9.53 Å². The molecule has 1 aliphatic heterocycles. The second kappa shape index (κ2) is 10.5. The Morgan fingerprint density at radius 3 is 2.31 bits per heavy atom. The highest BCUT2D eigenvalue weighted by atomic mass is 32.2. The lowest BCUT2D eigenvalue weighted by Crippen LogP contribution is -2.49. The van der Waals surface area contributed by atoms with Crippen molar-refractivity contribution in [2.45, 2.75) is 31.7 Å². The molecule has 8 heteroatoms. The molecule has 1 aliphatic rings. The van der Waals surface area contributed by atoms with Crippen molar-refractivity contribution in [1.82, 2.24) is 19.7 Å². The molecule has 1 fully saturated rings. The van der Waals surface area contributed by atoms with Gasteiger partial charge in [-0.25, -0.2) is 0 Å². The Kier molecular flexibility index (Phi) is 7.32. The fraction of sp³-hybridized carbons (Fsp3) is 0.375. The summed E-state index contributed by atoms with van der Waals surface area (Å²) < 4.78 is 8.04. The van der Waals surface area contributed by atoms with Crippen LogP contribution < -0.4 is 9.64 Å². The van der Waals surface area contributed by atoms with Gasteiger partial charge in [0.25, 0.3) is 0 Å². The normalized spacial score (nSPS) is 14.9. The summed E-state index contributed by atoms with van der Waals surface area (Å²) in [7, 11) is 0. The first-order valence-corrected chi connectivity index (χ1v) is 12.0. The summed E-state index contributed by atoms with van der Waals surface area (Å²) in [5.41, 5.74) is 1.21. The second-order valence-electron chi connectivity index (χ2n) is 7.65. The monoisotopic (exact) mass is 451 g/mol. The molecular weight excluding hydrogens is 422 g/mol. The summed E-state index contributed by atoms with van der Waals surface area (Å²) in [4.78, 5) is 17.1. The van der Waals surface area contributed by atoms with Crippen LogP contribution in [-0.4, -0.2) is 57.5 Å². The average Bonchev–Trinajstić information content (AvgIpc) is 3.27. The molecule has 0 N–H and O–H groups in total. The Labute approximate surface area is 193 Å². The topological polar surface area (TPSA) is 63.5 Å². The van der Waals surface area contributed by atoms with Crippen LogP contribution in [0.3, 0.4) is 0 Å². The number of nitrogens with zero attached hydrogens (tertiary/aromatic N) is 5. The standard InChI is InChI=1S/C24H29N5O2S/c1-3-29-23(19(2)31-21-12-8-5-9-13-21)25-26-24(29)32-18-22(30)28-16-14-27(15-17-28)20-10-6-4-7-11-20/h4-13,19H,3,14-18H2,1-2H3/t19-/m1/s1. The number of thioether (sulfide) groups is 1. The van der Waals surface area contributed by atoms with Crippen molar-refractivity contribution in [2.75, 3.05) is 36.8 Å². The van der Waals surface area contributed by atoms with E-state index in [1.165, 1.54) is 17.4 Å². The van der Waals surface area contributed by atoms with Crippen LogP contribution in [-0.2, 0) is 11.3 Å². The zero-order valence-electron chi connectivity index (χ0n) is 18.6. The lowest BCUT2D eigenvalue weighted by atomic mass is 10.2. The predicted molar refractivity (Wildman–Crippen MR) is 127 cm³/mol. The molecule has 0 radical (unpaired) electrons. The minimum atomic E-state index is -0.235. The summed E-state index contributed by atoms with van der Waals surface area (Å²) in [6.45, 7) is 7.92. The van der Waals surface area contributed by atoms with Gasteiger partial charge in [0.1, 0.15) is 5.75 Å². The number of hydrogen-bond donors (Lipinski definition) is 0. The molecule has 32 heavy (non-hydrogen) atoms. The van der Waals surface area contributed by atoms with E-state index >= 15 is 0 Å². The van der Waals surface area contributed by atoms with E-state index in [0.29, 0.717) is 5.75 Å². The molecule has 1 atom stereocenters. The highest BCUT2D eigenvalue weighted by molar-refractivity contribution is 7.99. The van der Waals surface area contributed by atoms with Gasteiger partial charge in [-0.1, -0.05) is 48.2 Å². The Balaban J connectivity index is 1.31. The molecule has 0 aliphatic carbocycles. The Morgan fingerprint density at radius 1 is 1.00 bits per heavy atom. The molecule has 2 heterocycles. The van der Waals surface area contributed by atoms with E-state index in [-0.39, 0.29) is 12.0 Å². The molecule has 1 amide bonds. The van der Waals surface area contributed by atoms with Gasteiger partial charge >= 0.3 is 0 Å². The van der Waals surface area contributed by atoms with E-state index in [1.807, 2.05) is 64.9 Å². The number of carbonyl (C=O) groups excluding carboxylic acids is 1. The van der Waals surface area contributed by atoms with Gasteiger partial charge < -0.3 is 19.1 Å². The summed E-state index contributed by atoms with van der Waals surface area (Å²) in [6, 6.07) is 20.0. The maximum absolute atomic E-state index is 12.8. The third kappa shape index (κ3) is 5.24. The van der Waals surface area contributed by atoms with Gasteiger partial charge in [0.05, 0.1) is 5.75 Å². The Morgan fingerprint density at radius 2 is 1.66 bits per heavy atom. The van der Waals surface area contributed by atoms with Crippen molar-refractivity contribution in [1.29, 1.82) is 0 Å². The van der Waals surface area contributed by atoms with E-state index in [2.05, 4.69) is 34.2 Å². The SMILES string of the molecule is CCn1c(SCC(=O)N2CCN(c3ccccc3)CC2)nnc1[C@@H](C)Oc1ccccc1. The van der Waals surface area contributed by atoms with Gasteiger partial charge in [-0.2, -0.15) is 0 Å². The van der Waals surface area contributed by atoms with Crippen molar-refractivity contribution in [3.8, 4) is 5.75 Å². The summed E-state index contributed by atoms with van der Waals surface area (Å²) >= 11 is 1.44. The van der Waals surface area contributed by atoms with Crippen LogP contribution >= 0.6 is 11.8 Å². The Bertz CT molecular complexity index is 1000. The second-order valence-corrected chi connectivity index (χ2v) is 8.59. The molecule has 2 aromatic carbocycles. The van der Waals surface area contributed by atoms with Crippen LogP contribution in [0.4, 0.5) is 5.69 Å². The number of aromatic nitrogens is 3. The highest BCUT2D eigenvalue weighted by Crippen LogP contribution is 2.25. The molecule has 7 nitrogen and oxygen atoms in total. The van der Waals surface area contributed by atoms with E-state index in [0.717, 1.165) is 49.5 Å². The predicted octanol–water partition coefficient (Wildman–Crippen LogP) is 3.88. The quantitative estimate of drug-likeness (QED) is 0.485.